The van der Waals surface area contributed by atoms with Crippen molar-refractivity contribution in [1.29, 1.82) is 0 Å². The molecule has 0 unspecified atom stereocenters. The molecule has 3 rings (SSSR count). The molecule has 0 saturated heterocycles. The molecule has 6 nitrogen and oxygen atoms in total. The van der Waals surface area contributed by atoms with Crippen LogP contribution in [0.2, 0.25) is 0 Å². The van der Waals surface area contributed by atoms with Gasteiger partial charge in [0, 0.05) is 10.6 Å². The van der Waals surface area contributed by atoms with Gasteiger partial charge in [-0.15, -0.1) is 11.8 Å². The number of benzene rings is 2. The number of rotatable bonds is 7. The first-order valence-corrected chi connectivity index (χ1v) is 10.1. The van der Waals surface area contributed by atoms with E-state index < -0.39 is 5.97 Å². The highest BCUT2D eigenvalue weighted by Gasteiger charge is 2.14. The van der Waals surface area contributed by atoms with E-state index in [0.29, 0.717) is 24.7 Å². The van der Waals surface area contributed by atoms with E-state index in [1.54, 1.807) is 0 Å². The molecule has 0 radical (unpaired) electrons. The van der Waals surface area contributed by atoms with E-state index in [0.717, 1.165) is 16.1 Å². The average Bonchev–Trinajstić information content (AvgIpc) is 2.70. The summed E-state index contributed by atoms with van der Waals surface area (Å²) in [6.45, 7) is 4.85. The molecule has 2 aromatic rings. The third-order valence-corrected chi connectivity index (χ3v) is 5.06. The fraction of sp³-hybridized carbons (Fsp3) is 0.333. The van der Waals surface area contributed by atoms with Crippen LogP contribution in [0.15, 0.2) is 47.4 Å². The lowest BCUT2D eigenvalue weighted by Crippen LogP contribution is -2.22. The van der Waals surface area contributed by atoms with Gasteiger partial charge in [0.05, 0.1) is 5.75 Å². The van der Waals surface area contributed by atoms with Crippen LogP contribution >= 0.6 is 11.8 Å². The summed E-state index contributed by atoms with van der Waals surface area (Å²) in [6.07, 6.45) is 0. The zero-order valence-electron chi connectivity index (χ0n) is 15.9. The molecule has 0 aromatic heterocycles. The third-order valence-electron chi connectivity index (χ3n) is 4.09. The molecule has 7 heteroatoms. The summed E-state index contributed by atoms with van der Waals surface area (Å²) < 4.78 is 16.1. The number of para-hydroxylation sites is 1. The van der Waals surface area contributed by atoms with Crippen molar-refractivity contribution < 1.29 is 23.8 Å². The van der Waals surface area contributed by atoms with Crippen LogP contribution in [0.25, 0.3) is 0 Å². The van der Waals surface area contributed by atoms with Gasteiger partial charge >= 0.3 is 5.97 Å². The first kappa shape index (κ1) is 20.1. The van der Waals surface area contributed by atoms with E-state index in [1.165, 1.54) is 11.8 Å². The standard InChI is InChI=1S/C21H23NO5S/c1-14(2)16-5-3-4-6-17(16)22-20(23)12-27-21(24)13-28-15-7-8-18-19(11-15)26-10-9-25-18/h3-8,11,14H,9-10,12-13H2,1-2H3,(H,22,23). The number of amides is 1. The van der Waals surface area contributed by atoms with E-state index in [1.807, 2.05) is 42.5 Å². The zero-order chi connectivity index (χ0) is 19.9. The predicted molar refractivity (Wildman–Crippen MR) is 108 cm³/mol. The molecular weight excluding hydrogens is 378 g/mol. The Kier molecular flexibility index (Phi) is 6.81. The lowest BCUT2D eigenvalue weighted by molar-refractivity contribution is -0.144. The maximum absolute atomic E-state index is 12.1. The molecule has 2 aromatic carbocycles. The van der Waals surface area contributed by atoms with Gasteiger partial charge in [-0.2, -0.15) is 0 Å². The lowest BCUT2D eigenvalue weighted by Gasteiger charge is -2.18. The van der Waals surface area contributed by atoms with Crippen LogP contribution < -0.4 is 14.8 Å². The number of ether oxygens (including phenoxy) is 3. The number of hydrogen-bond donors (Lipinski definition) is 1. The Labute approximate surface area is 168 Å². The quantitative estimate of drug-likeness (QED) is 0.561. The number of nitrogens with one attached hydrogen (secondary N) is 1. The molecule has 1 aliphatic rings. The van der Waals surface area contributed by atoms with Crippen LogP contribution in [0.3, 0.4) is 0 Å². The van der Waals surface area contributed by atoms with Gasteiger partial charge in [-0.05, 0) is 35.7 Å². The highest BCUT2D eigenvalue weighted by Crippen LogP contribution is 2.34. The van der Waals surface area contributed by atoms with Crippen molar-refractivity contribution in [2.75, 3.05) is 30.9 Å². The Morgan fingerprint density at radius 2 is 1.86 bits per heavy atom. The highest BCUT2D eigenvalue weighted by molar-refractivity contribution is 8.00. The van der Waals surface area contributed by atoms with Crippen LogP contribution in [-0.2, 0) is 14.3 Å². The molecule has 1 aliphatic heterocycles. The van der Waals surface area contributed by atoms with Crippen LogP contribution in [0.4, 0.5) is 5.69 Å². The number of anilines is 1. The smallest absolute Gasteiger partial charge is 0.316 e. The second-order valence-corrected chi connectivity index (χ2v) is 7.59. The predicted octanol–water partition coefficient (Wildman–Crippen LogP) is 3.86. The Balaban J connectivity index is 1.45. The number of carbonyl (C=O) groups excluding carboxylic acids is 2. The van der Waals surface area contributed by atoms with Crippen molar-refractivity contribution in [2.45, 2.75) is 24.7 Å². The lowest BCUT2D eigenvalue weighted by atomic mass is 10.0. The summed E-state index contributed by atoms with van der Waals surface area (Å²) in [4.78, 5) is 24.9. The van der Waals surface area contributed by atoms with Crippen LogP contribution in [0.1, 0.15) is 25.3 Å². The minimum absolute atomic E-state index is 0.107. The summed E-state index contributed by atoms with van der Waals surface area (Å²) in [7, 11) is 0. The van der Waals surface area contributed by atoms with Crippen molar-refractivity contribution in [2.24, 2.45) is 0 Å². The molecule has 0 bridgehead atoms. The van der Waals surface area contributed by atoms with Crippen molar-refractivity contribution in [1.82, 2.24) is 0 Å². The van der Waals surface area contributed by atoms with E-state index in [9.17, 15) is 9.59 Å². The van der Waals surface area contributed by atoms with Crippen LogP contribution in [0, 0.1) is 0 Å². The molecule has 0 fully saturated rings. The largest absolute Gasteiger partial charge is 0.486 e. The van der Waals surface area contributed by atoms with Crippen LogP contribution in [0.5, 0.6) is 11.5 Å². The first-order valence-electron chi connectivity index (χ1n) is 9.10. The molecule has 1 heterocycles. The molecule has 148 valence electrons. The van der Waals surface area contributed by atoms with E-state index >= 15 is 0 Å². The van der Waals surface area contributed by atoms with Gasteiger partial charge in [0.2, 0.25) is 0 Å². The number of esters is 1. The van der Waals surface area contributed by atoms with E-state index in [4.69, 9.17) is 14.2 Å². The van der Waals surface area contributed by atoms with E-state index in [2.05, 4.69) is 19.2 Å². The SMILES string of the molecule is CC(C)c1ccccc1NC(=O)COC(=O)CSc1ccc2c(c1)OCCO2. The monoisotopic (exact) mass is 401 g/mol. The molecule has 28 heavy (non-hydrogen) atoms. The highest BCUT2D eigenvalue weighted by atomic mass is 32.2. The second kappa shape index (κ2) is 9.50. The Bertz CT molecular complexity index is 852. The van der Waals surface area contributed by atoms with Gasteiger partial charge in [-0.1, -0.05) is 32.0 Å². The Morgan fingerprint density at radius 1 is 1.11 bits per heavy atom. The molecule has 0 atom stereocenters. The fourth-order valence-corrected chi connectivity index (χ4v) is 3.47. The summed E-state index contributed by atoms with van der Waals surface area (Å²) >= 11 is 1.32. The minimum Gasteiger partial charge on any atom is -0.486 e. The first-order chi connectivity index (χ1) is 13.5. The molecule has 1 N–H and O–H groups in total. The van der Waals surface area contributed by atoms with Crippen molar-refractivity contribution in [3.05, 3.63) is 48.0 Å². The summed E-state index contributed by atoms with van der Waals surface area (Å²) in [5, 5.41) is 2.80. The van der Waals surface area contributed by atoms with Gasteiger partial charge in [0.1, 0.15) is 13.2 Å². The number of thioether (sulfide) groups is 1. The van der Waals surface area contributed by atoms with Crippen molar-refractivity contribution in [3.63, 3.8) is 0 Å². The molecule has 0 spiro atoms. The normalized spacial score (nSPS) is 12.5. The maximum atomic E-state index is 12.1. The van der Waals surface area contributed by atoms with Crippen molar-refractivity contribution >= 4 is 29.3 Å². The Morgan fingerprint density at radius 3 is 2.64 bits per heavy atom. The summed E-state index contributed by atoms with van der Waals surface area (Å²) in [6, 6.07) is 13.1. The van der Waals surface area contributed by atoms with Gasteiger partial charge in [-0.3, -0.25) is 9.59 Å². The Hall–Kier alpha value is -2.67. The second-order valence-electron chi connectivity index (χ2n) is 6.54. The molecule has 0 saturated carbocycles. The van der Waals surface area contributed by atoms with E-state index in [-0.39, 0.29) is 24.2 Å². The van der Waals surface area contributed by atoms with Crippen molar-refractivity contribution in [3.8, 4) is 11.5 Å². The summed E-state index contributed by atoms with van der Waals surface area (Å²) in [5.74, 6) is 0.957. The van der Waals surface area contributed by atoms with Crippen LogP contribution in [-0.4, -0.2) is 37.4 Å². The molecule has 1 amide bonds. The van der Waals surface area contributed by atoms with Gasteiger partial charge < -0.3 is 19.5 Å². The number of carbonyl (C=O) groups is 2. The third kappa shape index (κ3) is 5.42. The van der Waals surface area contributed by atoms with Gasteiger partial charge in [-0.25, -0.2) is 0 Å². The topological polar surface area (TPSA) is 73.9 Å². The molecular formula is C21H23NO5S. The molecule has 0 aliphatic carbocycles. The number of fused-ring (bicyclic) bond motifs is 1. The number of hydrogen-bond acceptors (Lipinski definition) is 6. The fourth-order valence-electron chi connectivity index (χ4n) is 2.74. The zero-order valence-corrected chi connectivity index (χ0v) is 16.7. The average molecular weight is 401 g/mol. The summed E-state index contributed by atoms with van der Waals surface area (Å²) in [5.41, 5.74) is 1.78. The minimum atomic E-state index is -0.452. The van der Waals surface area contributed by atoms with Gasteiger partial charge in [0.15, 0.2) is 18.1 Å². The maximum Gasteiger partial charge on any atom is 0.316 e. The van der Waals surface area contributed by atoms with Gasteiger partial charge in [0.25, 0.3) is 5.91 Å².